The molecule has 0 radical (unpaired) electrons. The van der Waals surface area contributed by atoms with Crippen LogP contribution >= 0.6 is 11.6 Å². The molecule has 2 aliphatic heterocycles. The van der Waals surface area contributed by atoms with Crippen molar-refractivity contribution in [3.05, 3.63) is 34.9 Å². The van der Waals surface area contributed by atoms with Crippen LogP contribution in [0.4, 0.5) is 0 Å². The Morgan fingerprint density at radius 3 is 2.52 bits per heavy atom. The minimum atomic E-state index is -0.417. The number of hydrogen-bond donors (Lipinski definition) is 0. The van der Waals surface area contributed by atoms with Crippen LogP contribution in [0.25, 0.3) is 0 Å². The summed E-state index contributed by atoms with van der Waals surface area (Å²) in [7, 11) is 0. The molecule has 0 aliphatic carbocycles. The Morgan fingerprint density at radius 1 is 1.19 bits per heavy atom. The number of carbonyl (C=O) groups excluding carboxylic acids is 1. The lowest BCUT2D eigenvalue weighted by Crippen LogP contribution is -2.47. The third kappa shape index (κ3) is 3.39. The van der Waals surface area contributed by atoms with E-state index >= 15 is 0 Å². The second-order valence-corrected chi connectivity index (χ2v) is 5.99. The average molecular weight is 310 g/mol. The van der Waals surface area contributed by atoms with Gasteiger partial charge in [0.1, 0.15) is 0 Å². The van der Waals surface area contributed by atoms with Crippen molar-refractivity contribution in [1.82, 2.24) is 4.90 Å². The van der Waals surface area contributed by atoms with Gasteiger partial charge in [0.05, 0.1) is 13.2 Å². The Balaban J connectivity index is 1.49. The normalized spacial score (nSPS) is 20.9. The summed E-state index contributed by atoms with van der Waals surface area (Å²) in [6.07, 6.45) is 2.72. The molecule has 1 aromatic carbocycles. The highest BCUT2D eigenvalue weighted by molar-refractivity contribution is 6.31. The Labute approximate surface area is 130 Å². The van der Waals surface area contributed by atoms with Crippen LogP contribution in [-0.2, 0) is 20.7 Å². The van der Waals surface area contributed by atoms with E-state index in [2.05, 4.69) is 0 Å². The fraction of sp³-hybridized carbons (Fsp3) is 0.562. The third-order valence-corrected chi connectivity index (χ3v) is 4.63. The summed E-state index contributed by atoms with van der Waals surface area (Å²) >= 11 is 6.12. The Morgan fingerprint density at radius 2 is 1.86 bits per heavy atom. The third-order valence-electron chi connectivity index (χ3n) is 4.26. The van der Waals surface area contributed by atoms with E-state index in [4.69, 9.17) is 21.1 Å². The highest BCUT2D eigenvalue weighted by Crippen LogP contribution is 2.31. The van der Waals surface area contributed by atoms with Crippen LogP contribution in [-0.4, -0.2) is 42.9 Å². The largest absolute Gasteiger partial charge is 0.347 e. The minimum Gasteiger partial charge on any atom is -0.347 e. The van der Waals surface area contributed by atoms with Gasteiger partial charge >= 0.3 is 0 Å². The van der Waals surface area contributed by atoms with Gasteiger partial charge in [-0.2, -0.15) is 0 Å². The monoisotopic (exact) mass is 309 g/mol. The number of likely N-dealkylation sites (tertiary alicyclic amines) is 1. The standard InChI is InChI=1S/C16H20ClNO3/c17-14-4-2-1-3-13(14)5-6-15(19)18-9-7-16(8-10-18)20-11-12-21-16/h1-4H,5-12H2. The first-order valence-corrected chi connectivity index (χ1v) is 7.85. The molecule has 4 nitrogen and oxygen atoms in total. The number of hydrogen-bond acceptors (Lipinski definition) is 3. The van der Waals surface area contributed by atoms with Crippen LogP contribution in [0, 0.1) is 0 Å². The second kappa shape index (κ2) is 6.34. The molecule has 21 heavy (non-hydrogen) atoms. The van der Waals surface area contributed by atoms with E-state index < -0.39 is 5.79 Å². The van der Waals surface area contributed by atoms with E-state index in [0.29, 0.717) is 39.1 Å². The summed E-state index contributed by atoms with van der Waals surface area (Å²) in [5, 5.41) is 0.732. The fourth-order valence-electron chi connectivity index (χ4n) is 2.98. The quantitative estimate of drug-likeness (QED) is 0.861. The smallest absolute Gasteiger partial charge is 0.222 e. The van der Waals surface area contributed by atoms with E-state index in [-0.39, 0.29) is 5.91 Å². The molecule has 5 heteroatoms. The summed E-state index contributed by atoms with van der Waals surface area (Å²) in [6, 6.07) is 7.69. The molecule has 2 saturated heterocycles. The second-order valence-electron chi connectivity index (χ2n) is 5.58. The predicted molar refractivity (Wildman–Crippen MR) is 80.2 cm³/mol. The van der Waals surface area contributed by atoms with Gasteiger partial charge in [-0.05, 0) is 18.1 Å². The average Bonchev–Trinajstić information content (AvgIpc) is 2.95. The molecule has 114 valence electrons. The molecule has 0 aromatic heterocycles. The summed E-state index contributed by atoms with van der Waals surface area (Å²) in [6.45, 7) is 2.75. The lowest BCUT2D eigenvalue weighted by atomic mass is 10.0. The first-order chi connectivity index (χ1) is 10.2. The van der Waals surface area contributed by atoms with Crippen LogP contribution in [0.1, 0.15) is 24.8 Å². The lowest BCUT2D eigenvalue weighted by molar-refractivity contribution is -0.187. The Bertz CT molecular complexity index is 504. The van der Waals surface area contributed by atoms with E-state index in [1.807, 2.05) is 29.2 Å². The van der Waals surface area contributed by atoms with Crippen molar-refractivity contribution in [1.29, 1.82) is 0 Å². The van der Waals surface area contributed by atoms with Gasteiger partial charge in [-0.15, -0.1) is 0 Å². The van der Waals surface area contributed by atoms with E-state index in [0.717, 1.165) is 23.4 Å². The van der Waals surface area contributed by atoms with E-state index in [1.165, 1.54) is 0 Å². The van der Waals surface area contributed by atoms with Gasteiger partial charge in [0.15, 0.2) is 5.79 Å². The molecule has 1 aromatic rings. The van der Waals surface area contributed by atoms with Crippen molar-refractivity contribution < 1.29 is 14.3 Å². The first kappa shape index (κ1) is 14.8. The maximum Gasteiger partial charge on any atom is 0.222 e. The molecule has 0 unspecified atom stereocenters. The molecule has 1 amide bonds. The molecule has 2 fully saturated rings. The van der Waals surface area contributed by atoms with Gasteiger partial charge in [0, 0.05) is 37.4 Å². The minimum absolute atomic E-state index is 0.183. The van der Waals surface area contributed by atoms with Gasteiger partial charge in [-0.25, -0.2) is 0 Å². The molecule has 2 heterocycles. The van der Waals surface area contributed by atoms with Crippen molar-refractivity contribution in [2.45, 2.75) is 31.5 Å². The first-order valence-electron chi connectivity index (χ1n) is 7.48. The van der Waals surface area contributed by atoms with Gasteiger partial charge in [0.25, 0.3) is 0 Å². The highest BCUT2D eigenvalue weighted by Gasteiger charge is 2.40. The van der Waals surface area contributed by atoms with Gasteiger partial charge < -0.3 is 14.4 Å². The summed E-state index contributed by atoms with van der Waals surface area (Å²) in [5.74, 6) is -0.234. The molecule has 1 spiro atoms. The molecular formula is C16H20ClNO3. The number of carbonyl (C=O) groups is 1. The summed E-state index contributed by atoms with van der Waals surface area (Å²) in [4.78, 5) is 14.2. The highest BCUT2D eigenvalue weighted by atomic mass is 35.5. The number of aryl methyl sites for hydroxylation is 1. The fourth-order valence-corrected chi connectivity index (χ4v) is 3.21. The Hall–Kier alpha value is -1.10. The van der Waals surface area contributed by atoms with E-state index in [1.54, 1.807) is 0 Å². The van der Waals surface area contributed by atoms with Crippen molar-refractivity contribution >= 4 is 17.5 Å². The molecule has 0 atom stereocenters. The van der Waals surface area contributed by atoms with Crippen LogP contribution in [0.3, 0.4) is 0 Å². The van der Waals surface area contributed by atoms with Crippen molar-refractivity contribution in [2.24, 2.45) is 0 Å². The van der Waals surface area contributed by atoms with Crippen molar-refractivity contribution in [3.8, 4) is 0 Å². The zero-order valence-electron chi connectivity index (χ0n) is 12.0. The van der Waals surface area contributed by atoms with Gasteiger partial charge in [-0.3, -0.25) is 4.79 Å². The summed E-state index contributed by atoms with van der Waals surface area (Å²) in [5.41, 5.74) is 1.03. The zero-order valence-corrected chi connectivity index (χ0v) is 12.8. The van der Waals surface area contributed by atoms with Crippen LogP contribution < -0.4 is 0 Å². The number of amides is 1. The van der Waals surface area contributed by atoms with Crippen LogP contribution in [0.5, 0.6) is 0 Å². The van der Waals surface area contributed by atoms with Crippen LogP contribution in [0.15, 0.2) is 24.3 Å². The SMILES string of the molecule is O=C(CCc1ccccc1Cl)N1CCC2(CC1)OCCO2. The number of halogens is 1. The lowest BCUT2D eigenvalue weighted by Gasteiger charge is -2.37. The number of nitrogens with zero attached hydrogens (tertiary/aromatic N) is 1. The zero-order chi connectivity index (χ0) is 14.7. The number of rotatable bonds is 3. The molecule has 2 aliphatic rings. The Kier molecular flexibility index (Phi) is 4.48. The van der Waals surface area contributed by atoms with Crippen LogP contribution in [0.2, 0.25) is 5.02 Å². The maximum atomic E-state index is 12.3. The molecular weight excluding hydrogens is 290 g/mol. The number of piperidine rings is 1. The topological polar surface area (TPSA) is 38.8 Å². The maximum absolute atomic E-state index is 12.3. The molecule has 0 bridgehead atoms. The van der Waals surface area contributed by atoms with E-state index in [9.17, 15) is 4.79 Å². The van der Waals surface area contributed by atoms with Crippen molar-refractivity contribution in [2.75, 3.05) is 26.3 Å². The van der Waals surface area contributed by atoms with Crippen molar-refractivity contribution in [3.63, 3.8) is 0 Å². The predicted octanol–water partition coefficient (Wildman–Crippen LogP) is 2.64. The summed E-state index contributed by atoms with van der Waals surface area (Å²) < 4.78 is 11.4. The number of benzene rings is 1. The molecule has 0 saturated carbocycles. The molecule has 0 N–H and O–H groups in total. The molecule has 3 rings (SSSR count). The number of ether oxygens (including phenoxy) is 2. The van der Waals surface area contributed by atoms with Gasteiger partial charge in [0.2, 0.25) is 5.91 Å². The van der Waals surface area contributed by atoms with Gasteiger partial charge in [-0.1, -0.05) is 29.8 Å².